The van der Waals surface area contributed by atoms with Crippen molar-refractivity contribution in [2.75, 3.05) is 0 Å². The molecule has 88 valence electrons. The summed E-state index contributed by atoms with van der Waals surface area (Å²) in [6.07, 6.45) is 8.37. The smallest absolute Gasteiger partial charge is 0.237 e. The minimum Gasteiger partial charge on any atom is -0.237 e. The highest BCUT2D eigenvalue weighted by molar-refractivity contribution is 4.84. The first-order chi connectivity index (χ1) is 7.09. The van der Waals surface area contributed by atoms with Crippen LogP contribution in [0, 0.1) is 13.8 Å². The van der Waals surface area contributed by atoms with E-state index in [1.165, 1.54) is 11.6 Å². The van der Waals surface area contributed by atoms with Gasteiger partial charge < -0.3 is 0 Å². The Labute approximate surface area is 97.4 Å². The summed E-state index contributed by atoms with van der Waals surface area (Å²) in [7, 11) is 4.13. The monoisotopic (exact) mass is 222 g/mol. The molecule has 0 aromatic carbocycles. The van der Waals surface area contributed by atoms with Crippen LogP contribution in [0.15, 0.2) is 24.8 Å². The van der Waals surface area contributed by atoms with Crippen molar-refractivity contribution in [3.8, 4) is 0 Å². The average molecular weight is 222 g/mol. The molecule has 0 radical (unpaired) electrons. The molecule has 0 N–H and O–H groups in total. The van der Waals surface area contributed by atoms with E-state index >= 15 is 0 Å². The van der Waals surface area contributed by atoms with Crippen LogP contribution in [0.1, 0.15) is 19.1 Å². The Bertz CT molecular complexity index is 435. The Hall–Kier alpha value is -1.58. The molecule has 2 aromatic heterocycles. The maximum absolute atomic E-state index is 2.23. The lowest BCUT2D eigenvalue weighted by molar-refractivity contribution is -0.678. The predicted molar refractivity (Wildman–Crippen MR) is 62.8 cm³/mol. The zero-order chi connectivity index (χ0) is 11.0. The summed E-state index contributed by atoms with van der Waals surface area (Å²) in [5.74, 6) is 2.51. The van der Waals surface area contributed by atoms with E-state index in [1.54, 1.807) is 0 Å². The summed E-state index contributed by atoms with van der Waals surface area (Å²) in [5, 5.41) is 0. The zero-order valence-corrected chi connectivity index (χ0v) is 9.81. The van der Waals surface area contributed by atoms with Crippen LogP contribution in [0.5, 0.6) is 0 Å². The lowest BCUT2D eigenvalue weighted by atomic mass is 10.6. The molecule has 16 heavy (non-hydrogen) atoms. The highest BCUT2D eigenvalue weighted by atomic mass is 15.3. The van der Waals surface area contributed by atoms with E-state index in [-0.39, 0.29) is 7.43 Å². The first kappa shape index (κ1) is 12.5. The number of aromatic nitrogens is 4. The third-order valence-corrected chi connectivity index (χ3v) is 3.10. The topological polar surface area (TPSA) is 17.6 Å². The van der Waals surface area contributed by atoms with Crippen molar-refractivity contribution in [1.82, 2.24) is 9.13 Å². The van der Waals surface area contributed by atoms with Crippen LogP contribution >= 0.6 is 0 Å². The molecule has 0 amide bonds. The maximum Gasteiger partial charge on any atom is 0.256 e. The predicted octanol–water partition coefficient (Wildman–Crippen LogP) is 0.697. The Morgan fingerprint density at radius 1 is 0.938 bits per heavy atom. The fraction of sp³-hybridized carbons (Fsp3) is 0.500. The van der Waals surface area contributed by atoms with Crippen molar-refractivity contribution >= 4 is 0 Å². The van der Waals surface area contributed by atoms with Crippen LogP contribution < -0.4 is 9.13 Å². The highest BCUT2D eigenvalue weighted by Gasteiger charge is 2.14. The molecule has 0 spiro atoms. The molecule has 0 unspecified atom stereocenters. The first-order valence-electron chi connectivity index (χ1n) is 5.12. The number of hydrogen-bond donors (Lipinski definition) is 0. The van der Waals surface area contributed by atoms with E-state index in [1.807, 2.05) is 0 Å². The van der Waals surface area contributed by atoms with Gasteiger partial charge >= 0.3 is 0 Å². The highest BCUT2D eigenvalue weighted by Crippen LogP contribution is 1.97. The fourth-order valence-electron chi connectivity index (χ4n) is 1.66. The summed E-state index contributed by atoms with van der Waals surface area (Å²) in [6.45, 7) is 5.12. The SMILES string of the molecule is C.Cc1n(Cn2cc[n+](C)c2C)cc[n+]1C. The first-order valence-corrected chi connectivity index (χ1v) is 5.12. The van der Waals surface area contributed by atoms with Crippen molar-refractivity contribution in [2.24, 2.45) is 14.1 Å². The molecule has 2 aromatic rings. The maximum atomic E-state index is 2.23. The van der Waals surface area contributed by atoms with Crippen molar-refractivity contribution in [3.63, 3.8) is 0 Å². The van der Waals surface area contributed by atoms with Gasteiger partial charge in [0, 0.05) is 13.8 Å². The zero-order valence-electron chi connectivity index (χ0n) is 9.81. The second-order valence-electron chi connectivity index (χ2n) is 3.99. The molecule has 0 fully saturated rings. The van der Waals surface area contributed by atoms with Gasteiger partial charge in [-0.15, -0.1) is 0 Å². The minimum atomic E-state index is 0. The molecule has 2 heterocycles. The second-order valence-corrected chi connectivity index (χ2v) is 3.99. The van der Waals surface area contributed by atoms with Gasteiger partial charge in [0.2, 0.25) is 6.67 Å². The van der Waals surface area contributed by atoms with E-state index in [2.05, 4.69) is 71.0 Å². The Kier molecular flexibility index (Phi) is 3.52. The van der Waals surface area contributed by atoms with Crippen LogP contribution in [0.2, 0.25) is 0 Å². The molecule has 0 aliphatic heterocycles. The Balaban J connectivity index is 0.00000128. The lowest BCUT2D eigenvalue weighted by Crippen LogP contribution is -2.32. The third-order valence-electron chi connectivity index (χ3n) is 3.10. The van der Waals surface area contributed by atoms with Gasteiger partial charge in [0.15, 0.2) is 0 Å². The van der Waals surface area contributed by atoms with Crippen molar-refractivity contribution in [2.45, 2.75) is 27.9 Å². The number of rotatable bonds is 2. The van der Waals surface area contributed by atoms with Crippen LogP contribution in [-0.4, -0.2) is 9.13 Å². The van der Waals surface area contributed by atoms with Crippen LogP contribution in [0.4, 0.5) is 0 Å². The largest absolute Gasteiger partial charge is 0.256 e. The van der Waals surface area contributed by atoms with Crippen LogP contribution in [-0.2, 0) is 20.8 Å². The van der Waals surface area contributed by atoms with E-state index in [0.29, 0.717) is 0 Å². The molecular weight excluding hydrogens is 200 g/mol. The normalized spacial score (nSPS) is 10.2. The molecular formula is C12H22N4+2. The lowest BCUT2D eigenvalue weighted by Gasteiger charge is -1.97. The molecule has 4 heteroatoms. The molecule has 0 atom stereocenters. The van der Waals surface area contributed by atoms with Gasteiger partial charge in [-0.3, -0.25) is 0 Å². The number of imidazole rings is 2. The van der Waals surface area contributed by atoms with Gasteiger partial charge in [0.05, 0.1) is 14.1 Å². The van der Waals surface area contributed by atoms with Gasteiger partial charge in [-0.05, 0) is 0 Å². The van der Waals surface area contributed by atoms with Gasteiger partial charge in [0.1, 0.15) is 24.8 Å². The number of nitrogens with zero attached hydrogens (tertiary/aromatic N) is 4. The summed E-state index contributed by atoms with van der Waals surface area (Å²) in [4.78, 5) is 0. The molecule has 0 aliphatic rings. The minimum absolute atomic E-state index is 0. The fourth-order valence-corrected chi connectivity index (χ4v) is 1.66. The van der Waals surface area contributed by atoms with Gasteiger partial charge in [0.25, 0.3) is 11.6 Å². The van der Waals surface area contributed by atoms with E-state index < -0.39 is 0 Å². The van der Waals surface area contributed by atoms with Gasteiger partial charge in [-0.1, -0.05) is 7.43 Å². The van der Waals surface area contributed by atoms with Crippen molar-refractivity contribution < 1.29 is 9.13 Å². The molecule has 4 nitrogen and oxygen atoms in total. The van der Waals surface area contributed by atoms with Gasteiger partial charge in [-0.2, -0.15) is 9.13 Å². The molecule has 0 aliphatic carbocycles. The molecule has 2 rings (SSSR count). The molecule has 0 bridgehead atoms. The molecule has 0 saturated heterocycles. The van der Waals surface area contributed by atoms with E-state index in [0.717, 1.165) is 6.67 Å². The summed E-state index contributed by atoms with van der Waals surface area (Å²) in [6, 6.07) is 0. The van der Waals surface area contributed by atoms with Crippen LogP contribution in [0.3, 0.4) is 0 Å². The summed E-state index contributed by atoms with van der Waals surface area (Å²) < 4.78 is 8.71. The second kappa shape index (κ2) is 4.51. The number of hydrogen-bond acceptors (Lipinski definition) is 0. The molecule has 0 saturated carbocycles. The Morgan fingerprint density at radius 3 is 1.56 bits per heavy atom. The van der Waals surface area contributed by atoms with E-state index in [9.17, 15) is 0 Å². The summed E-state index contributed by atoms with van der Waals surface area (Å²) >= 11 is 0. The Morgan fingerprint density at radius 2 is 1.31 bits per heavy atom. The van der Waals surface area contributed by atoms with Crippen molar-refractivity contribution in [3.05, 3.63) is 36.4 Å². The standard InChI is InChI=1S/C11H18N4.CH4/c1-10-12(3)5-7-14(10)9-15-8-6-13(4)11(15)2;/h5-8H,9H2,1-4H3;1H4/q+2;. The summed E-state index contributed by atoms with van der Waals surface area (Å²) in [5.41, 5.74) is 0. The van der Waals surface area contributed by atoms with Crippen molar-refractivity contribution in [1.29, 1.82) is 0 Å². The average Bonchev–Trinajstić information content (AvgIpc) is 2.68. The number of aryl methyl sites for hydroxylation is 2. The van der Waals surface area contributed by atoms with Crippen LogP contribution in [0.25, 0.3) is 0 Å². The third kappa shape index (κ3) is 2.01. The van der Waals surface area contributed by atoms with Gasteiger partial charge in [-0.25, -0.2) is 9.13 Å². The van der Waals surface area contributed by atoms with E-state index in [4.69, 9.17) is 0 Å². The quantitative estimate of drug-likeness (QED) is 0.666.